The molecule has 9 heteroatoms. The van der Waals surface area contributed by atoms with Crippen LogP contribution in [-0.4, -0.2) is 30.1 Å². The van der Waals surface area contributed by atoms with Crippen molar-refractivity contribution in [3.05, 3.63) is 116 Å². The van der Waals surface area contributed by atoms with Gasteiger partial charge in [-0.1, -0.05) is 49.7 Å². The Hall–Kier alpha value is -4.69. The third kappa shape index (κ3) is 6.24. The number of hydrogen-bond donors (Lipinski definition) is 0. The molecule has 4 aromatic carbocycles. The molecule has 5 rings (SSSR count). The molecule has 0 bridgehead atoms. The van der Waals surface area contributed by atoms with E-state index in [9.17, 15) is 9.18 Å². The molecule has 0 N–H and O–H groups in total. The van der Waals surface area contributed by atoms with Gasteiger partial charge in [0.2, 0.25) is 0 Å². The molecule has 0 aliphatic carbocycles. The van der Waals surface area contributed by atoms with Gasteiger partial charge < -0.3 is 14.2 Å². The van der Waals surface area contributed by atoms with Crippen molar-refractivity contribution >= 4 is 28.7 Å². The number of fused-ring (bicyclic) bond motifs is 1. The number of aromatic nitrogens is 2. The fourth-order valence-corrected chi connectivity index (χ4v) is 5.04. The second-order valence-corrected chi connectivity index (χ2v) is 10.8. The second kappa shape index (κ2) is 12.7. The molecule has 220 valence electrons. The lowest BCUT2D eigenvalue weighted by atomic mass is 9.96. The molecule has 0 fully saturated rings. The van der Waals surface area contributed by atoms with Gasteiger partial charge in [-0.15, -0.1) is 0 Å². The summed E-state index contributed by atoms with van der Waals surface area (Å²) >= 11 is 6.42. The average Bonchev–Trinajstić information content (AvgIpc) is 3.00. The van der Waals surface area contributed by atoms with Crippen molar-refractivity contribution in [1.29, 1.82) is 0 Å². The molecule has 7 nitrogen and oxygen atoms in total. The summed E-state index contributed by atoms with van der Waals surface area (Å²) in [6.45, 7) is 6.25. The zero-order valence-electron chi connectivity index (χ0n) is 24.5. The summed E-state index contributed by atoms with van der Waals surface area (Å²) in [7, 11) is 3.15. The smallest absolute Gasteiger partial charge is 0.282 e. The first-order valence-corrected chi connectivity index (χ1v) is 14.1. The lowest BCUT2D eigenvalue weighted by Gasteiger charge is -2.17. The van der Waals surface area contributed by atoms with Gasteiger partial charge in [0, 0.05) is 22.2 Å². The Labute approximate surface area is 254 Å². The second-order valence-electron chi connectivity index (χ2n) is 10.3. The molecule has 0 unspecified atom stereocenters. The van der Waals surface area contributed by atoms with Gasteiger partial charge in [-0.05, 0) is 72.0 Å². The Morgan fingerprint density at radius 3 is 2.42 bits per heavy atom. The monoisotopic (exact) mass is 599 g/mol. The van der Waals surface area contributed by atoms with Crippen molar-refractivity contribution in [3.8, 4) is 28.6 Å². The number of hydrogen-bond acceptors (Lipinski definition) is 6. The van der Waals surface area contributed by atoms with Crippen LogP contribution in [0.15, 0.2) is 82.7 Å². The minimum absolute atomic E-state index is 0.144. The number of benzene rings is 4. The third-order valence-electron chi connectivity index (χ3n) is 7.07. The highest BCUT2D eigenvalue weighted by Gasteiger charge is 2.19. The number of ether oxygens (including phenoxy) is 3. The molecular formula is C34H31ClFN3O4. The van der Waals surface area contributed by atoms with E-state index in [0.717, 1.165) is 28.0 Å². The van der Waals surface area contributed by atoms with Gasteiger partial charge in [-0.2, -0.15) is 9.78 Å². The van der Waals surface area contributed by atoms with Gasteiger partial charge >= 0.3 is 0 Å². The van der Waals surface area contributed by atoms with E-state index >= 15 is 0 Å². The number of nitrogens with zero attached hydrogens (tertiary/aromatic N) is 3. The van der Waals surface area contributed by atoms with Gasteiger partial charge in [-0.3, -0.25) is 4.79 Å². The highest BCUT2D eigenvalue weighted by Crippen LogP contribution is 2.36. The maximum atomic E-state index is 13.9. The van der Waals surface area contributed by atoms with Gasteiger partial charge in [0.25, 0.3) is 5.56 Å². The van der Waals surface area contributed by atoms with E-state index in [0.29, 0.717) is 38.8 Å². The van der Waals surface area contributed by atoms with Gasteiger partial charge in [0.1, 0.15) is 18.2 Å². The molecule has 0 saturated heterocycles. The number of para-hydroxylation sites is 1. The van der Waals surface area contributed by atoms with Gasteiger partial charge in [-0.25, -0.2) is 9.37 Å². The SMILES string of the molecule is COc1cc(C)c(-c2nc3ccccc3c(=O)n2N=Cc2cc(Cl)cc(OC)c2OCc2ccc(F)cc2)cc1C(C)C. The van der Waals surface area contributed by atoms with E-state index in [2.05, 4.69) is 18.9 Å². The van der Waals surface area contributed by atoms with E-state index < -0.39 is 0 Å². The van der Waals surface area contributed by atoms with Crippen molar-refractivity contribution < 1.29 is 18.6 Å². The number of methoxy groups -OCH3 is 2. The standard InChI is InChI=1S/C34H31ClFN3O4/c1-20(2)27-17-28(21(3)14-30(27)41-4)33-38-29-9-7-6-8-26(29)34(40)39(33)37-18-23-15-24(35)16-31(42-5)32(23)43-19-22-10-12-25(36)13-11-22/h6-18,20H,19H2,1-5H3. The Kier molecular flexibility index (Phi) is 8.78. The molecule has 0 atom stereocenters. The highest BCUT2D eigenvalue weighted by atomic mass is 35.5. The van der Waals surface area contributed by atoms with E-state index in [4.69, 9.17) is 30.8 Å². The lowest BCUT2D eigenvalue weighted by Crippen LogP contribution is -2.21. The van der Waals surface area contributed by atoms with Crippen LogP contribution in [0.1, 0.15) is 42.0 Å². The summed E-state index contributed by atoms with van der Waals surface area (Å²) < 4.78 is 32.0. The molecule has 43 heavy (non-hydrogen) atoms. The number of rotatable bonds is 9. The molecule has 0 amide bonds. The Balaban J connectivity index is 1.67. The zero-order valence-corrected chi connectivity index (χ0v) is 25.3. The highest BCUT2D eigenvalue weighted by molar-refractivity contribution is 6.31. The average molecular weight is 600 g/mol. The van der Waals surface area contributed by atoms with Crippen LogP contribution in [0.4, 0.5) is 4.39 Å². The maximum absolute atomic E-state index is 13.9. The summed E-state index contributed by atoms with van der Waals surface area (Å²) in [5.74, 6) is 1.73. The summed E-state index contributed by atoms with van der Waals surface area (Å²) in [4.78, 5) is 18.8. The molecule has 0 spiro atoms. The number of aryl methyl sites for hydroxylation is 1. The predicted molar refractivity (Wildman–Crippen MR) is 169 cm³/mol. The van der Waals surface area contributed by atoms with E-state index in [1.54, 1.807) is 49.6 Å². The first-order chi connectivity index (χ1) is 20.7. The van der Waals surface area contributed by atoms with Crippen LogP contribution in [0.2, 0.25) is 5.02 Å². The quantitative estimate of drug-likeness (QED) is 0.162. The first-order valence-electron chi connectivity index (χ1n) is 13.7. The fraction of sp³-hybridized carbons (Fsp3) is 0.206. The lowest BCUT2D eigenvalue weighted by molar-refractivity contribution is 0.284. The minimum Gasteiger partial charge on any atom is -0.496 e. The van der Waals surface area contributed by atoms with Crippen LogP contribution >= 0.6 is 11.6 Å². The minimum atomic E-state index is -0.335. The topological polar surface area (TPSA) is 74.9 Å². The summed E-state index contributed by atoms with van der Waals surface area (Å²) in [5.41, 5.74) is 4.07. The summed E-state index contributed by atoms with van der Waals surface area (Å²) in [6.07, 6.45) is 1.50. The van der Waals surface area contributed by atoms with Crippen molar-refractivity contribution in [1.82, 2.24) is 9.66 Å². The molecule has 0 saturated carbocycles. The van der Waals surface area contributed by atoms with Crippen LogP contribution < -0.4 is 19.8 Å². The first kappa shape index (κ1) is 29.8. The van der Waals surface area contributed by atoms with Crippen molar-refractivity contribution in [3.63, 3.8) is 0 Å². The molecule has 1 heterocycles. The van der Waals surface area contributed by atoms with E-state index in [1.807, 2.05) is 25.1 Å². The third-order valence-corrected chi connectivity index (χ3v) is 7.29. The van der Waals surface area contributed by atoms with Crippen LogP contribution in [0.5, 0.6) is 17.2 Å². The predicted octanol–water partition coefficient (Wildman–Crippen LogP) is 7.77. The van der Waals surface area contributed by atoms with Crippen LogP contribution in [-0.2, 0) is 6.61 Å². The molecule has 0 aliphatic rings. The summed E-state index contributed by atoms with van der Waals surface area (Å²) in [6, 6.07) is 20.4. The maximum Gasteiger partial charge on any atom is 0.282 e. The van der Waals surface area contributed by atoms with Gasteiger partial charge in [0.05, 0.1) is 31.3 Å². The van der Waals surface area contributed by atoms with Crippen LogP contribution in [0.25, 0.3) is 22.3 Å². The number of halogens is 2. The van der Waals surface area contributed by atoms with Crippen molar-refractivity contribution in [2.75, 3.05) is 14.2 Å². The fourth-order valence-electron chi connectivity index (χ4n) is 4.82. The molecule has 5 aromatic rings. The van der Waals surface area contributed by atoms with Crippen molar-refractivity contribution in [2.45, 2.75) is 33.3 Å². The molecule has 0 radical (unpaired) electrons. The van der Waals surface area contributed by atoms with Gasteiger partial charge in [0.15, 0.2) is 17.3 Å². The largest absolute Gasteiger partial charge is 0.496 e. The molecular weight excluding hydrogens is 569 g/mol. The zero-order chi connectivity index (χ0) is 30.7. The van der Waals surface area contributed by atoms with E-state index in [-0.39, 0.29) is 23.9 Å². The molecule has 0 aliphatic heterocycles. The van der Waals surface area contributed by atoms with Crippen molar-refractivity contribution in [2.24, 2.45) is 5.10 Å². The Morgan fingerprint density at radius 1 is 1.00 bits per heavy atom. The Bertz CT molecular complexity index is 1880. The Morgan fingerprint density at radius 2 is 1.72 bits per heavy atom. The van der Waals surface area contributed by atoms with Crippen LogP contribution in [0, 0.1) is 12.7 Å². The van der Waals surface area contributed by atoms with E-state index in [1.165, 1.54) is 30.1 Å². The molecule has 1 aromatic heterocycles. The normalized spacial score (nSPS) is 11.4. The summed E-state index contributed by atoms with van der Waals surface area (Å²) in [5, 5.41) is 5.46. The van der Waals surface area contributed by atoms with Crippen LogP contribution in [0.3, 0.4) is 0 Å².